The van der Waals surface area contributed by atoms with Crippen molar-refractivity contribution in [3.8, 4) is 0 Å². The first-order valence-electron chi connectivity index (χ1n) is 57.0. The van der Waals surface area contributed by atoms with Crippen LogP contribution >= 0.6 is 0 Å². The number of unbranched alkanes of at least 4 members (excludes halogenated alkanes) is 56. The smallest absolute Gasteiger partial charge is 0.407 e. The predicted octanol–water partition coefficient (Wildman–Crippen LogP) is 31.8. The molecule has 788 valence electrons. The fourth-order valence-corrected chi connectivity index (χ4v) is 15.8. The Morgan fingerprint density at radius 2 is 0.414 bits per heavy atom. The highest BCUT2D eigenvalue weighted by atomic mass is 16.5. The van der Waals surface area contributed by atoms with Gasteiger partial charge in [0.25, 0.3) is 0 Å². The molecule has 0 unspecified atom stereocenters. The monoisotopic (exact) mass is 1880 g/mol. The van der Waals surface area contributed by atoms with E-state index in [9.17, 15) is 49.5 Å². The van der Waals surface area contributed by atoms with E-state index in [2.05, 4.69) is 136 Å². The van der Waals surface area contributed by atoms with Crippen LogP contribution in [0.1, 0.15) is 560 Å². The van der Waals surface area contributed by atoms with E-state index in [0.717, 1.165) is 83.5 Å². The Kier molecular flexibility index (Phi) is 118. The summed E-state index contributed by atoms with van der Waals surface area (Å²) < 4.78 is 5.17. The van der Waals surface area contributed by atoms with E-state index in [1.807, 2.05) is 55.4 Å². The average molecular weight is 1880 g/mol. The molecule has 0 rings (SSSR count). The molecule has 5 atom stereocenters. The van der Waals surface area contributed by atoms with E-state index in [-0.39, 0.29) is 111 Å². The lowest BCUT2D eigenvalue weighted by atomic mass is 10.0. The van der Waals surface area contributed by atoms with Crippen molar-refractivity contribution in [2.45, 2.75) is 590 Å². The van der Waals surface area contributed by atoms with Gasteiger partial charge in [-0.2, -0.15) is 0 Å². The lowest BCUT2D eigenvalue weighted by molar-refractivity contribution is -0.123. The number of ether oxygens (including phenoxy) is 1. The molecule has 0 saturated carbocycles. The number of carbonyl (C=O) groups excluding carboxylic acids is 5. The van der Waals surface area contributed by atoms with Crippen molar-refractivity contribution in [2.75, 3.05) is 39.6 Å². The van der Waals surface area contributed by atoms with E-state index in [1.54, 1.807) is 0 Å². The average Bonchev–Trinajstić information content (AvgIpc) is 0.967. The Morgan fingerprint density at radius 1 is 0.226 bits per heavy atom. The van der Waals surface area contributed by atoms with E-state index < -0.39 is 6.09 Å². The van der Waals surface area contributed by atoms with Crippen molar-refractivity contribution in [1.82, 2.24) is 26.6 Å². The van der Waals surface area contributed by atoms with Crippen LogP contribution in [-0.4, -0.2) is 125 Å². The minimum atomic E-state index is -0.416. The van der Waals surface area contributed by atoms with Crippen LogP contribution in [0.4, 0.5) is 4.79 Å². The lowest BCUT2D eigenvalue weighted by Gasteiger charge is -2.19. The molecule has 0 saturated heterocycles. The van der Waals surface area contributed by atoms with Gasteiger partial charge in [-0.05, 0) is 177 Å². The number of aliphatic hydroxyl groups is 5. The number of nitrogens with one attached hydrogen (secondary N) is 5. The number of aliphatic hydroxyl groups excluding tert-OH is 5. The first kappa shape index (κ1) is 137. The Labute approximate surface area is 825 Å². The number of hydrogen-bond acceptors (Lipinski definition) is 11. The van der Waals surface area contributed by atoms with Gasteiger partial charge in [0.1, 0.15) is 0 Å². The molecule has 0 heterocycles. The van der Waals surface area contributed by atoms with E-state index >= 15 is 0 Å². The highest BCUT2D eigenvalue weighted by molar-refractivity contribution is 5.77. The van der Waals surface area contributed by atoms with Gasteiger partial charge in [0.05, 0.1) is 69.9 Å². The highest BCUT2D eigenvalue weighted by Gasteiger charge is 2.19. The van der Waals surface area contributed by atoms with Crippen LogP contribution in [0.15, 0.2) is 60.8 Å². The molecular formula is C117H229N5O11. The van der Waals surface area contributed by atoms with Crippen LogP contribution in [-0.2, 0) is 23.9 Å². The first-order chi connectivity index (χ1) is 64.5. The summed E-state index contributed by atoms with van der Waals surface area (Å²) in [5.41, 5.74) is 0. The predicted molar refractivity (Wildman–Crippen MR) is 577 cm³/mol. The third-order valence-corrected chi connectivity index (χ3v) is 25.3. The normalized spacial score (nSPS) is 12.8. The SMILES string of the molecule is CCCCC/C=C\C/C=C\CCCCCCCC(=O)N[C@H](CO)C(C)C.CCCCCCCC/C=C\CCCCCCCC(=O)N[C@H](CO)C(C)C.CCCCCCCC/C=C\CCCCCCCC(=O)N[C@H](CO)CC(C)C.CCCCCCCC/C=C\CCCCCCCCOC(=O)N[C@H](CO)C(C)C.CCCCCCCCCCCCCCCCCC(=O)N[C@H](CO)C(C)C. The summed E-state index contributed by atoms with van der Waals surface area (Å²) >= 11 is 0. The maximum absolute atomic E-state index is 11.9. The van der Waals surface area contributed by atoms with E-state index in [4.69, 9.17) is 4.74 Å². The summed E-state index contributed by atoms with van der Waals surface area (Å²) in [6.45, 7) is 32.1. The summed E-state index contributed by atoms with van der Waals surface area (Å²) in [7, 11) is 0. The van der Waals surface area contributed by atoms with Crippen LogP contribution < -0.4 is 26.6 Å². The molecule has 16 heteroatoms. The van der Waals surface area contributed by atoms with Gasteiger partial charge in [-0.3, -0.25) is 19.2 Å². The summed E-state index contributed by atoms with van der Waals surface area (Å²) in [6, 6.07) is -0.627. The Morgan fingerprint density at radius 3 is 0.632 bits per heavy atom. The molecule has 0 aliphatic rings. The maximum Gasteiger partial charge on any atom is 0.407 e. The van der Waals surface area contributed by atoms with Gasteiger partial charge in [-0.1, -0.05) is 447 Å². The van der Waals surface area contributed by atoms with Crippen LogP contribution in [0, 0.1) is 29.6 Å². The lowest BCUT2D eigenvalue weighted by Crippen LogP contribution is -2.41. The minimum absolute atomic E-state index is 0.0194. The second-order valence-electron chi connectivity index (χ2n) is 40.5. The third-order valence-electron chi connectivity index (χ3n) is 25.3. The van der Waals surface area contributed by atoms with Crippen molar-refractivity contribution < 1.29 is 54.2 Å². The first-order valence-corrected chi connectivity index (χ1v) is 57.0. The standard InChI is InChI=1S/C24H47NO3.C24H47NO2.C23H47NO2.C23H45NO2.C23H43NO2/c1-4-5-6-7-8-9-10-11-12-13-14-15-16-17-18-19-20-28-24(27)25-23(21-26)22(2)3;1-4-5-6-7-8-9-10-11-12-13-14-15-16-17-18-19-24(27)25-23(21-26)20-22(2)3;3*1-4-5-6-7-8-9-10-11-12-13-14-15-16-17-18-19-23(26)24-22(20-25)21(2)3/h11-12,22-23,26H,4-10,13-21H2,1-3H3,(H,25,27);11-12,22-23,26H,4-10,13-21H2,1-3H3,(H,25,27);21-22,25H,4-20H2,1-3H3,(H,24,26);11-12,21-22,25H,4-10,13-20H2,1-3H3,(H,24,26);8-9,11-12,21-22,25H,4-7,10,13-20H2,1-3H3,(H,24,26)/b2*12-11-;;12-11-;9-8-,12-11-/t2*23-;3*22-/m10111/s1. The maximum atomic E-state index is 11.9. The zero-order chi connectivity index (χ0) is 99.4. The molecule has 5 amide bonds. The summed E-state index contributed by atoms with van der Waals surface area (Å²) in [5.74, 6) is 1.85. The fraction of sp³-hybridized carbons (Fsp3) is 0.872. The van der Waals surface area contributed by atoms with Crippen molar-refractivity contribution in [3.63, 3.8) is 0 Å². The van der Waals surface area contributed by atoms with Gasteiger partial charge in [-0.15, -0.1) is 0 Å². The van der Waals surface area contributed by atoms with Gasteiger partial charge in [0, 0.05) is 25.7 Å². The quantitative estimate of drug-likeness (QED) is 0.0202. The van der Waals surface area contributed by atoms with Gasteiger partial charge >= 0.3 is 6.09 Å². The van der Waals surface area contributed by atoms with Crippen molar-refractivity contribution in [2.24, 2.45) is 29.6 Å². The zero-order valence-electron chi connectivity index (χ0n) is 90.7. The van der Waals surface area contributed by atoms with Crippen molar-refractivity contribution >= 4 is 29.7 Å². The van der Waals surface area contributed by atoms with Gasteiger partial charge in [0.15, 0.2) is 0 Å². The molecule has 0 fully saturated rings. The number of alkyl carbamates (subject to hydrolysis) is 1. The van der Waals surface area contributed by atoms with Gasteiger partial charge < -0.3 is 56.9 Å². The topological polar surface area (TPSA) is 256 Å². The molecule has 0 aromatic heterocycles. The number of amides is 5. The summed E-state index contributed by atoms with van der Waals surface area (Å²) in [6.07, 6.45) is 110. The Hall–Kier alpha value is -4.35. The second-order valence-corrected chi connectivity index (χ2v) is 40.5. The Balaban J connectivity index is -0.000000513. The molecule has 10 N–H and O–H groups in total. The van der Waals surface area contributed by atoms with Crippen LogP contribution in [0.3, 0.4) is 0 Å². The van der Waals surface area contributed by atoms with Crippen LogP contribution in [0.2, 0.25) is 0 Å². The second kappa shape index (κ2) is 115. The third kappa shape index (κ3) is 115. The molecule has 0 spiro atoms. The molecular weight excluding hydrogens is 1650 g/mol. The molecule has 0 bridgehead atoms. The van der Waals surface area contributed by atoms with Crippen LogP contribution in [0.5, 0.6) is 0 Å². The number of hydrogen-bond donors (Lipinski definition) is 10. The number of carbonyl (C=O) groups is 5. The highest BCUT2D eigenvalue weighted by Crippen LogP contribution is 2.20. The number of rotatable bonds is 92. The van der Waals surface area contributed by atoms with Gasteiger partial charge in [-0.25, -0.2) is 4.79 Å². The van der Waals surface area contributed by atoms with Crippen LogP contribution in [0.25, 0.3) is 0 Å². The van der Waals surface area contributed by atoms with Crippen molar-refractivity contribution in [3.05, 3.63) is 60.8 Å². The molecule has 0 radical (unpaired) electrons. The molecule has 16 nitrogen and oxygen atoms in total. The largest absolute Gasteiger partial charge is 0.450 e. The van der Waals surface area contributed by atoms with E-state index in [1.165, 1.54) is 347 Å². The summed E-state index contributed by atoms with van der Waals surface area (Å²) in [4.78, 5) is 59.0. The molecule has 0 aliphatic heterocycles. The fourth-order valence-electron chi connectivity index (χ4n) is 15.8. The summed E-state index contributed by atoms with van der Waals surface area (Å²) in [5, 5.41) is 60.6. The number of allylic oxidation sites excluding steroid dienone is 10. The molecule has 0 aromatic carbocycles. The minimum Gasteiger partial charge on any atom is -0.450 e. The Bertz CT molecular complexity index is 2520. The van der Waals surface area contributed by atoms with Gasteiger partial charge in [0.2, 0.25) is 23.6 Å². The molecule has 0 aliphatic carbocycles. The zero-order valence-corrected chi connectivity index (χ0v) is 90.7. The van der Waals surface area contributed by atoms with Crippen molar-refractivity contribution in [1.29, 1.82) is 0 Å². The molecule has 0 aromatic rings. The molecule has 133 heavy (non-hydrogen) atoms. The van der Waals surface area contributed by atoms with E-state index in [0.29, 0.717) is 38.2 Å².